The van der Waals surface area contributed by atoms with Gasteiger partial charge in [0.05, 0.1) is 140 Å². The molecule has 0 saturated carbocycles. The molecule has 3 unspecified atom stereocenters. The third-order valence-electron chi connectivity index (χ3n) is 16.9. The van der Waals surface area contributed by atoms with E-state index < -0.39 is 126 Å². The van der Waals surface area contributed by atoms with Gasteiger partial charge in [-0.1, -0.05) is 42.9 Å². The van der Waals surface area contributed by atoms with Gasteiger partial charge < -0.3 is 69.9 Å². The van der Waals surface area contributed by atoms with Gasteiger partial charge in [-0.05, 0) is 104 Å². The van der Waals surface area contributed by atoms with Crippen molar-refractivity contribution in [3.63, 3.8) is 0 Å². The van der Waals surface area contributed by atoms with Gasteiger partial charge in [0.25, 0.3) is 46.4 Å². The maximum absolute atomic E-state index is 13.4. The second-order valence-electron chi connectivity index (χ2n) is 24.3. The molecule has 4 aromatic rings. The lowest BCUT2D eigenvalue weighted by molar-refractivity contribution is -0.220. The Balaban J connectivity index is 1.30. The van der Waals surface area contributed by atoms with E-state index in [4.69, 9.17) is 52.2 Å². The minimum absolute atomic E-state index is 0.00674. The fraction of sp³-hybridized carbons (Fsp3) is 0.554. The number of ether oxygens (including phenoxy) is 10. The van der Waals surface area contributed by atoms with E-state index in [9.17, 15) is 79.5 Å². The SMILES string of the molecule is COCCOCCOCCOCCOCCOCCN1I=C(/C=C/C(C)=C/C=C2/N(CCCC(=O)ON3C(=O)CCC3O)c3ccc4c(S(=O)(=O)O)cc(S(=O)(=O)O)cc4c3C2(C)CCOCCOCCOCCOC)C(C)(CCCS(=O)(=O)O)c2c1ccc1c(S(=O)(=O)O)cc(S(=O)(=O)[O-])cc21. The summed E-state index contributed by atoms with van der Waals surface area (Å²) in [4.78, 5) is 29.3. The predicted molar refractivity (Wildman–Crippen MR) is 383 cm³/mol. The molecule has 3 atom stereocenters. The van der Waals surface area contributed by atoms with Crippen LogP contribution >= 0.6 is 21.0 Å². The highest BCUT2D eigenvalue weighted by atomic mass is 127. The van der Waals surface area contributed by atoms with E-state index in [1.54, 1.807) is 76.3 Å². The van der Waals surface area contributed by atoms with Crippen molar-refractivity contribution in [3.8, 4) is 0 Å². The first-order valence-corrected chi connectivity index (χ1v) is 42.0. The van der Waals surface area contributed by atoms with E-state index in [1.807, 2.05) is 3.11 Å². The minimum Gasteiger partial charge on any atom is -0.744 e. The number of hydrogen-bond donors (Lipinski definition) is 5. The van der Waals surface area contributed by atoms with Crippen LogP contribution in [0.3, 0.4) is 0 Å². The monoisotopic (exact) mass is 1660 g/mol. The molecule has 0 aromatic heterocycles. The molecule has 0 aliphatic carbocycles. The second kappa shape index (κ2) is 38.6. The average molecular weight is 1660 g/mol. The molecule has 1 saturated heterocycles. The Labute approximate surface area is 610 Å². The van der Waals surface area contributed by atoms with Crippen LogP contribution in [0.5, 0.6) is 0 Å². The van der Waals surface area contributed by atoms with Gasteiger partial charge in [0, 0.05) is 104 Å². The molecular formula is C65H89IN3O29S5-. The first kappa shape index (κ1) is 85.1. The lowest BCUT2D eigenvalue weighted by Gasteiger charge is -2.41. The lowest BCUT2D eigenvalue weighted by atomic mass is 9.73. The second-order valence-corrected chi connectivity index (χ2v) is 34.3. The highest BCUT2D eigenvalue weighted by Crippen LogP contribution is 2.55. The molecule has 103 heavy (non-hydrogen) atoms. The van der Waals surface area contributed by atoms with Crippen LogP contribution < -0.4 is 8.01 Å². The molecule has 3 heterocycles. The van der Waals surface area contributed by atoms with E-state index in [2.05, 4.69) is 0 Å². The van der Waals surface area contributed by atoms with Crippen LogP contribution in [0.25, 0.3) is 21.5 Å². The van der Waals surface area contributed by atoms with Gasteiger partial charge in [0.2, 0.25) is 0 Å². The highest BCUT2D eigenvalue weighted by Gasteiger charge is 2.46. The Hall–Kier alpha value is -5.13. The topological polar surface area (TPSA) is 440 Å². The molecule has 38 heteroatoms. The Morgan fingerprint density at radius 3 is 1.54 bits per heavy atom. The highest BCUT2D eigenvalue weighted by molar-refractivity contribution is 14.2. The Bertz CT molecular complexity index is 4350. The number of hydroxylamine groups is 2. The molecule has 32 nitrogen and oxygen atoms in total. The van der Waals surface area contributed by atoms with Crippen LogP contribution in [0.4, 0.5) is 11.4 Å². The molecule has 5 N–H and O–H groups in total. The summed E-state index contributed by atoms with van der Waals surface area (Å²) in [6, 6.07) is 9.09. The van der Waals surface area contributed by atoms with Gasteiger partial charge in [-0.3, -0.25) is 23.0 Å². The van der Waals surface area contributed by atoms with Gasteiger partial charge in [0.1, 0.15) is 19.9 Å². The minimum atomic E-state index is -5.43. The molecule has 0 spiro atoms. The summed E-state index contributed by atoms with van der Waals surface area (Å²) in [6.07, 6.45) is 5.01. The molecule has 576 valence electrons. The Morgan fingerprint density at radius 1 is 0.592 bits per heavy atom. The molecule has 3 aliphatic heterocycles. The van der Waals surface area contributed by atoms with Crippen molar-refractivity contribution in [1.82, 2.24) is 5.06 Å². The molecule has 0 bridgehead atoms. The third-order valence-corrected chi connectivity index (χ3v) is 24.8. The number of anilines is 2. The summed E-state index contributed by atoms with van der Waals surface area (Å²) in [7, 11) is -22.5. The fourth-order valence-corrected chi connectivity index (χ4v) is 18.3. The lowest BCUT2D eigenvalue weighted by Crippen LogP contribution is -2.38. The molecule has 3 aliphatic rings. The normalized spacial score (nSPS) is 18.9. The molecule has 7 rings (SSSR count). The number of rotatable bonds is 46. The maximum atomic E-state index is 13.4. The third kappa shape index (κ3) is 23.9. The summed E-state index contributed by atoms with van der Waals surface area (Å²) in [6.45, 7) is 10.2. The number of fused-ring (bicyclic) bond motifs is 6. The van der Waals surface area contributed by atoms with E-state index in [-0.39, 0.29) is 151 Å². The van der Waals surface area contributed by atoms with Gasteiger partial charge >= 0.3 is 5.97 Å². The quantitative estimate of drug-likeness (QED) is 0.0118. The number of amides is 1. The van der Waals surface area contributed by atoms with Crippen molar-refractivity contribution in [3.05, 3.63) is 95.2 Å². The number of aliphatic hydroxyl groups is 1. The van der Waals surface area contributed by atoms with E-state index >= 15 is 0 Å². The van der Waals surface area contributed by atoms with E-state index in [0.717, 1.165) is 12.1 Å². The Morgan fingerprint density at radius 2 is 1.07 bits per heavy atom. The van der Waals surface area contributed by atoms with Gasteiger partial charge in [-0.2, -0.15) is 33.7 Å². The fourth-order valence-electron chi connectivity index (χ4n) is 11.9. The molecule has 1 amide bonds. The van der Waals surface area contributed by atoms with Crippen LogP contribution in [0.2, 0.25) is 0 Å². The number of hydrogen-bond acceptors (Lipinski definition) is 27. The number of carbonyl (C=O) groups is 2. The van der Waals surface area contributed by atoms with Gasteiger partial charge in [0.15, 0.2) is 6.23 Å². The van der Waals surface area contributed by atoms with E-state index in [0.29, 0.717) is 102 Å². The van der Waals surface area contributed by atoms with E-state index in [1.165, 1.54) is 12.1 Å². The van der Waals surface area contributed by atoms with Gasteiger partial charge in [-0.25, -0.2) is 13.2 Å². The zero-order chi connectivity index (χ0) is 75.4. The summed E-state index contributed by atoms with van der Waals surface area (Å²) in [5.41, 5.74) is -0.377. The number of allylic oxidation sites excluding steroid dienone is 6. The summed E-state index contributed by atoms with van der Waals surface area (Å²) in [5.74, 6) is -2.20. The maximum Gasteiger partial charge on any atom is 0.332 e. The largest absolute Gasteiger partial charge is 0.744 e. The summed E-state index contributed by atoms with van der Waals surface area (Å²) < 4.78 is 242. The summed E-state index contributed by atoms with van der Waals surface area (Å²) >= 11 is -1.42. The first-order valence-electron chi connectivity index (χ1n) is 32.7. The number of halogens is 1. The summed E-state index contributed by atoms with van der Waals surface area (Å²) in [5, 5.41) is 10.6. The first-order chi connectivity index (χ1) is 48.6. The number of aliphatic hydroxyl groups excluding tert-OH is 1. The zero-order valence-corrected chi connectivity index (χ0v) is 63.8. The van der Waals surface area contributed by atoms with Crippen molar-refractivity contribution in [2.45, 2.75) is 102 Å². The number of methoxy groups -OCH3 is 2. The predicted octanol–water partition coefficient (Wildman–Crippen LogP) is 5.60. The molecule has 0 radical (unpaired) electrons. The molecule has 4 aromatic carbocycles. The van der Waals surface area contributed by atoms with Crippen LogP contribution in [0.1, 0.15) is 76.8 Å². The number of carbonyl (C=O) groups excluding carboxylic acids is 2. The van der Waals surface area contributed by atoms with Crippen molar-refractivity contribution in [2.75, 3.05) is 160 Å². The smallest absolute Gasteiger partial charge is 0.332 e. The van der Waals surface area contributed by atoms with Crippen molar-refractivity contribution < 1.29 is 132 Å². The van der Waals surface area contributed by atoms with Crippen molar-refractivity contribution in [1.29, 1.82) is 0 Å². The van der Waals surface area contributed by atoms with Crippen LogP contribution in [0.15, 0.2) is 104 Å². The number of nitrogens with zero attached hydrogens (tertiary/aromatic N) is 3. The molecular weight excluding hydrogens is 1570 g/mol. The van der Waals surface area contributed by atoms with Crippen LogP contribution in [-0.4, -0.2) is 249 Å². The average Bonchev–Trinajstić information content (AvgIpc) is 1.69. The Kier molecular flexibility index (Phi) is 31.9. The van der Waals surface area contributed by atoms with Crippen LogP contribution in [0, 0.1) is 0 Å². The number of benzene rings is 4. The van der Waals surface area contributed by atoms with Gasteiger partial charge in [-0.15, -0.1) is 5.06 Å². The standard InChI is InChI=1S/C65H90IN3O29S5/c1-46(9-15-57-64(2,19-7-41-99(73,74)75)63-52-43-48(101(79,80)81)45-56(103(85,86)87)50(52)12-14-54(63)68(66-57)22-24-91-30-32-95-37-38-97-40-39-96-36-34-93-28-26-89-5)10-16-58-65(3,20-23-90-29-31-94-35-33-92-27-25-88-4)62-51-42-47(100(76,77)78)44-55(102(82,83)84)49(51)11-13-53(62)67(58)21-6-8-61(72)98-69-59(70)17-18-60(69)71/h9-16,42-45,59,70H,6-8,17-41H2,1-5H3,(H,73,74,75)(H,76,77,78)(H,79,80,81)(H,82,83,84)(H,85,86,87)/p-1/b15-9+,46-10+,58-16+. The zero-order valence-electron chi connectivity index (χ0n) is 57.6. The van der Waals surface area contributed by atoms with Crippen molar-refractivity contribution in [2.24, 2.45) is 0 Å². The van der Waals surface area contributed by atoms with Crippen molar-refractivity contribution >= 4 is 120 Å². The molecule has 1 fully saturated rings. The van der Waals surface area contributed by atoms with Crippen LogP contribution in [-0.2, 0) is 123 Å².